The molecule has 0 spiro atoms. The van der Waals surface area contributed by atoms with Crippen LogP contribution in [0.25, 0.3) is 0 Å². The zero-order valence-corrected chi connectivity index (χ0v) is 12.4. The summed E-state index contributed by atoms with van der Waals surface area (Å²) in [6.07, 6.45) is 3.63. The average molecular weight is 393 g/mol. The maximum atomic E-state index is 4.33. The van der Waals surface area contributed by atoms with E-state index >= 15 is 0 Å². The van der Waals surface area contributed by atoms with E-state index < -0.39 is 0 Å². The number of hydrogen-bond acceptors (Lipinski definition) is 2. The monoisotopic (exact) mass is 392 g/mol. The third-order valence-corrected chi connectivity index (χ3v) is 4.44. The van der Waals surface area contributed by atoms with E-state index in [0.29, 0.717) is 0 Å². The van der Waals surface area contributed by atoms with Gasteiger partial charge in [-0.15, -0.1) is 0 Å². The molecule has 2 aromatic rings. The van der Waals surface area contributed by atoms with E-state index in [-0.39, 0.29) is 15.0 Å². The SMILES string of the molecule is Brc1ccc([Se]c2ccc(Br)cn2)nc1. The summed E-state index contributed by atoms with van der Waals surface area (Å²) < 4.78 is 4.18. The number of halogens is 2. The van der Waals surface area contributed by atoms with Crippen molar-refractivity contribution in [3.63, 3.8) is 0 Å². The van der Waals surface area contributed by atoms with Crippen molar-refractivity contribution in [1.82, 2.24) is 9.97 Å². The van der Waals surface area contributed by atoms with Crippen molar-refractivity contribution in [3.8, 4) is 0 Å². The van der Waals surface area contributed by atoms with Crippen molar-refractivity contribution >= 4 is 56.0 Å². The first-order valence-electron chi connectivity index (χ1n) is 4.15. The molecular weight excluding hydrogens is 387 g/mol. The van der Waals surface area contributed by atoms with Gasteiger partial charge in [0.15, 0.2) is 0 Å². The minimum absolute atomic E-state index is 0.182. The molecule has 0 amide bonds. The molecule has 2 rings (SSSR count). The number of hydrogen-bond donors (Lipinski definition) is 0. The third-order valence-electron chi connectivity index (χ3n) is 1.61. The molecule has 0 atom stereocenters. The molecular formula is C10H6Br2N2Se. The molecule has 0 aliphatic rings. The number of aromatic nitrogens is 2. The first kappa shape index (κ1) is 11.3. The standard InChI is InChI=1S/C10H6Br2N2Se/c11-7-1-3-9(13-5-7)15-10-4-2-8(12)6-14-10/h1-6H. The van der Waals surface area contributed by atoms with Crippen LogP contribution in [0, 0.1) is 0 Å². The summed E-state index contributed by atoms with van der Waals surface area (Å²) in [4.78, 5) is 8.65. The van der Waals surface area contributed by atoms with E-state index in [4.69, 9.17) is 0 Å². The first-order chi connectivity index (χ1) is 7.24. The van der Waals surface area contributed by atoms with E-state index in [9.17, 15) is 0 Å². The fourth-order valence-electron chi connectivity index (χ4n) is 0.952. The summed E-state index contributed by atoms with van der Waals surface area (Å²) in [5, 5.41) is 0. The van der Waals surface area contributed by atoms with Gasteiger partial charge in [-0.05, 0) is 0 Å². The van der Waals surface area contributed by atoms with Crippen molar-refractivity contribution in [3.05, 3.63) is 45.6 Å². The number of pyridine rings is 2. The summed E-state index contributed by atoms with van der Waals surface area (Å²) in [6.45, 7) is 0. The average Bonchev–Trinajstić information content (AvgIpc) is 2.25. The summed E-state index contributed by atoms with van der Waals surface area (Å²) in [5.41, 5.74) is 0. The minimum atomic E-state index is 0.182. The predicted molar refractivity (Wildman–Crippen MR) is 68.9 cm³/mol. The van der Waals surface area contributed by atoms with Crippen LogP contribution in [-0.4, -0.2) is 24.9 Å². The Kier molecular flexibility index (Phi) is 3.92. The second-order valence-electron chi connectivity index (χ2n) is 2.73. The molecule has 2 aromatic heterocycles. The van der Waals surface area contributed by atoms with Gasteiger partial charge >= 0.3 is 112 Å². The van der Waals surface area contributed by atoms with Gasteiger partial charge in [-0.3, -0.25) is 0 Å². The van der Waals surface area contributed by atoms with Crippen molar-refractivity contribution < 1.29 is 0 Å². The second kappa shape index (κ2) is 5.21. The Morgan fingerprint density at radius 2 is 1.27 bits per heavy atom. The molecule has 0 aliphatic heterocycles. The van der Waals surface area contributed by atoms with Crippen molar-refractivity contribution in [1.29, 1.82) is 0 Å². The van der Waals surface area contributed by atoms with E-state index in [0.717, 1.165) is 18.1 Å². The molecule has 5 heteroatoms. The molecule has 0 aromatic carbocycles. The van der Waals surface area contributed by atoms with Gasteiger partial charge in [-0.2, -0.15) is 0 Å². The Morgan fingerprint density at radius 1 is 0.800 bits per heavy atom. The van der Waals surface area contributed by atoms with Crippen molar-refractivity contribution in [2.75, 3.05) is 0 Å². The van der Waals surface area contributed by atoms with Crippen LogP contribution < -0.4 is 9.18 Å². The molecule has 0 saturated carbocycles. The van der Waals surface area contributed by atoms with Crippen molar-refractivity contribution in [2.45, 2.75) is 0 Å². The van der Waals surface area contributed by atoms with Gasteiger partial charge in [0.05, 0.1) is 0 Å². The molecule has 0 radical (unpaired) electrons. The second-order valence-corrected chi connectivity index (χ2v) is 6.75. The van der Waals surface area contributed by atoms with Gasteiger partial charge in [-0.25, -0.2) is 0 Å². The van der Waals surface area contributed by atoms with Crippen LogP contribution in [0.1, 0.15) is 0 Å². The van der Waals surface area contributed by atoms with E-state index in [1.54, 1.807) is 0 Å². The van der Waals surface area contributed by atoms with Gasteiger partial charge in [0.25, 0.3) is 0 Å². The Hall–Kier alpha value is -0.221. The molecule has 15 heavy (non-hydrogen) atoms. The summed E-state index contributed by atoms with van der Waals surface area (Å²) in [6, 6.07) is 8.05. The topological polar surface area (TPSA) is 25.8 Å². The van der Waals surface area contributed by atoms with Gasteiger partial charge in [-0.1, -0.05) is 0 Å². The third kappa shape index (κ3) is 3.38. The van der Waals surface area contributed by atoms with E-state index in [2.05, 4.69) is 41.8 Å². The Morgan fingerprint density at radius 3 is 1.60 bits per heavy atom. The van der Waals surface area contributed by atoms with E-state index in [1.165, 1.54) is 0 Å². The molecule has 0 fully saturated rings. The molecule has 2 heterocycles. The Bertz CT molecular complexity index is 398. The normalized spacial score (nSPS) is 10.3. The molecule has 0 N–H and O–H groups in total. The number of nitrogens with zero attached hydrogens (tertiary/aromatic N) is 2. The molecule has 76 valence electrons. The van der Waals surface area contributed by atoms with Crippen LogP contribution in [0.4, 0.5) is 0 Å². The molecule has 0 saturated heterocycles. The van der Waals surface area contributed by atoms with Gasteiger partial charge < -0.3 is 0 Å². The summed E-state index contributed by atoms with van der Waals surface area (Å²) in [7, 11) is 0. The maximum absolute atomic E-state index is 4.33. The fraction of sp³-hybridized carbons (Fsp3) is 0. The fourth-order valence-corrected chi connectivity index (χ4v) is 2.88. The van der Waals surface area contributed by atoms with Crippen LogP contribution in [0.5, 0.6) is 0 Å². The van der Waals surface area contributed by atoms with Crippen LogP contribution >= 0.6 is 31.9 Å². The van der Waals surface area contributed by atoms with Crippen LogP contribution in [-0.2, 0) is 0 Å². The van der Waals surface area contributed by atoms with Gasteiger partial charge in [0, 0.05) is 0 Å². The molecule has 0 aliphatic carbocycles. The van der Waals surface area contributed by atoms with Crippen LogP contribution in [0.15, 0.2) is 45.6 Å². The van der Waals surface area contributed by atoms with Crippen molar-refractivity contribution in [2.24, 2.45) is 0 Å². The van der Waals surface area contributed by atoms with E-state index in [1.807, 2.05) is 36.7 Å². The zero-order chi connectivity index (χ0) is 10.7. The van der Waals surface area contributed by atoms with Crippen LogP contribution in [0.3, 0.4) is 0 Å². The van der Waals surface area contributed by atoms with Gasteiger partial charge in [0.2, 0.25) is 0 Å². The molecule has 0 unspecified atom stereocenters. The van der Waals surface area contributed by atoms with Gasteiger partial charge in [0.1, 0.15) is 0 Å². The molecule has 0 bridgehead atoms. The predicted octanol–water partition coefficient (Wildman–Crippen LogP) is 1.66. The quantitative estimate of drug-likeness (QED) is 0.726. The number of rotatable bonds is 2. The Labute approximate surface area is 111 Å². The molecule has 2 nitrogen and oxygen atoms in total. The van der Waals surface area contributed by atoms with Crippen LogP contribution in [0.2, 0.25) is 0 Å². The zero-order valence-electron chi connectivity index (χ0n) is 7.52. The Balaban J connectivity index is 2.15. The first-order valence-corrected chi connectivity index (χ1v) is 7.45. The summed E-state index contributed by atoms with van der Waals surface area (Å²) in [5.74, 6) is 0. The summed E-state index contributed by atoms with van der Waals surface area (Å²) >= 11 is 6.91.